The van der Waals surface area contributed by atoms with Crippen LogP contribution < -0.4 is 10.6 Å². The predicted molar refractivity (Wildman–Crippen MR) is 99.6 cm³/mol. The van der Waals surface area contributed by atoms with Crippen LogP contribution in [0.2, 0.25) is 0 Å². The average Bonchev–Trinajstić information content (AvgIpc) is 2.88. The third-order valence-corrected chi connectivity index (χ3v) is 5.27. The molecule has 7 heteroatoms. The number of piperidine rings is 1. The van der Waals surface area contributed by atoms with Crippen LogP contribution in [0.3, 0.4) is 0 Å². The van der Waals surface area contributed by atoms with Gasteiger partial charge in [0.15, 0.2) is 0 Å². The molecule has 0 unspecified atom stereocenters. The number of carbonyl (C=O) groups is 2. The van der Waals surface area contributed by atoms with Gasteiger partial charge in [0, 0.05) is 44.6 Å². The summed E-state index contributed by atoms with van der Waals surface area (Å²) in [6.45, 7) is 4.77. The van der Waals surface area contributed by atoms with E-state index in [4.69, 9.17) is 5.73 Å². The van der Waals surface area contributed by atoms with E-state index in [1.165, 1.54) is 0 Å². The van der Waals surface area contributed by atoms with Crippen molar-refractivity contribution in [3.63, 3.8) is 0 Å². The van der Waals surface area contributed by atoms with Crippen molar-refractivity contribution in [2.75, 3.05) is 31.1 Å². The number of hydrogen-bond acceptors (Lipinski definition) is 5. The maximum atomic E-state index is 12.3. The van der Waals surface area contributed by atoms with E-state index in [1.54, 1.807) is 6.33 Å². The van der Waals surface area contributed by atoms with Gasteiger partial charge >= 0.3 is 0 Å². The molecule has 7 nitrogen and oxygen atoms in total. The zero-order chi connectivity index (χ0) is 18.5. The lowest BCUT2D eigenvalue weighted by molar-refractivity contribution is -0.130. The fourth-order valence-electron chi connectivity index (χ4n) is 3.78. The third kappa shape index (κ3) is 4.03. The Balaban J connectivity index is 1.77. The van der Waals surface area contributed by atoms with Crippen molar-refractivity contribution in [3.8, 4) is 0 Å². The Morgan fingerprint density at radius 2 is 2.08 bits per heavy atom. The topological polar surface area (TPSA) is 92.4 Å². The Kier molecular flexibility index (Phi) is 5.85. The summed E-state index contributed by atoms with van der Waals surface area (Å²) in [4.78, 5) is 37.0. The number of anilines is 1. The van der Waals surface area contributed by atoms with Crippen LogP contribution >= 0.6 is 0 Å². The van der Waals surface area contributed by atoms with Crippen molar-refractivity contribution < 1.29 is 9.59 Å². The first-order chi connectivity index (χ1) is 12.6. The van der Waals surface area contributed by atoms with Crippen LogP contribution in [0.4, 0.5) is 5.82 Å². The zero-order valence-corrected chi connectivity index (χ0v) is 15.4. The number of nitrogens with two attached hydrogens (primary N) is 1. The Morgan fingerprint density at radius 3 is 2.85 bits per heavy atom. The summed E-state index contributed by atoms with van der Waals surface area (Å²) in [7, 11) is 0. The van der Waals surface area contributed by atoms with E-state index >= 15 is 0 Å². The summed E-state index contributed by atoms with van der Waals surface area (Å²) in [5.41, 5.74) is 7.64. The van der Waals surface area contributed by atoms with Crippen LogP contribution in [-0.2, 0) is 22.4 Å². The van der Waals surface area contributed by atoms with Gasteiger partial charge in [-0.05, 0) is 26.2 Å². The number of fused-ring (bicyclic) bond motifs is 1. The monoisotopic (exact) mass is 357 g/mol. The minimum atomic E-state index is -0.240. The first-order valence-corrected chi connectivity index (χ1v) is 9.36. The number of amides is 2. The van der Waals surface area contributed by atoms with Crippen molar-refractivity contribution in [2.45, 2.75) is 39.0 Å². The molecule has 140 valence electrons. The van der Waals surface area contributed by atoms with E-state index < -0.39 is 0 Å². The highest BCUT2D eigenvalue weighted by Crippen LogP contribution is 2.28. The summed E-state index contributed by atoms with van der Waals surface area (Å²) in [6.07, 6.45) is 9.08. The normalized spacial score (nSPS) is 20.7. The van der Waals surface area contributed by atoms with Gasteiger partial charge in [0.25, 0.3) is 0 Å². The predicted octanol–water partition coefficient (Wildman–Crippen LogP) is 1.07. The Hall–Kier alpha value is -2.44. The number of nitrogens with zero attached hydrogens (tertiary/aromatic N) is 4. The molecule has 3 rings (SSSR count). The Bertz CT molecular complexity index is 703. The molecule has 1 atom stereocenters. The van der Waals surface area contributed by atoms with Gasteiger partial charge in [0.1, 0.15) is 12.1 Å². The first kappa shape index (κ1) is 18.4. The molecular weight excluding hydrogens is 330 g/mol. The second kappa shape index (κ2) is 8.29. The lowest BCUT2D eigenvalue weighted by Crippen LogP contribution is -2.42. The van der Waals surface area contributed by atoms with Crippen LogP contribution in [-0.4, -0.2) is 52.9 Å². The summed E-state index contributed by atoms with van der Waals surface area (Å²) in [6, 6.07) is 0. The molecule has 0 radical (unpaired) electrons. The first-order valence-electron chi connectivity index (χ1n) is 9.36. The molecule has 2 aliphatic heterocycles. The molecule has 0 spiro atoms. The molecule has 1 fully saturated rings. The van der Waals surface area contributed by atoms with Gasteiger partial charge in [-0.1, -0.05) is 12.2 Å². The standard InChI is InChI=1S/C19H27N5O2/c1-2-3-6-17(25)23-10-7-15-16(8-11-23)21-13-22-19(15)24-9-4-5-14(12-24)18(20)26/h2-3,13-14H,4-12H2,1H3,(H2,20,26)/b3-2+/t14-/m1/s1. The molecule has 3 heterocycles. The number of rotatable bonds is 4. The molecule has 1 saturated heterocycles. The van der Waals surface area contributed by atoms with Crippen molar-refractivity contribution in [3.05, 3.63) is 29.7 Å². The van der Waals surface area contributed by atoms with Gasteiger partial charge < -0.3 is 15.5 Å². The molecule has 2 N–H and O–H groups in total. The Morgan fingerprint density at radius 1 is 1.27 bits per heavy atom. The summed E-state index contributed by atoms with van der Waals surface area (Å²) in [5.74, 6) is 0.690. The quantitative estimate of drug-likeness (QED) is 0.814. The van der Waals surface area contributed by atoms with Gasteiger partial charge in [-0.2, -0.15) is 0 Å². The zero-order valence-electron chi connectivity index (χ0n) is 15.4. The summed E-state index contributed by atoms with van der Waals surface area (Å²) < 4.78 is 0. The molecule has 0 saturated carbocycles. The molecule has 2 aliphatic rings. The van der Waals surface area contributed by atoms with E-state index in [1.807, 2.05) is 24.0 Å². The lowest BCUT2D eigenvalue weighted by Gasteiger charge is -2.33. The molecule has 0 aliphatic carbocycles. The fraction of sp³-hybridized carbons (Fsp3) is 0.579. The minimum Gasteiger partial charge on any atom is -0.369 e. The minimum absolute atomic E-state index is 0.126. The maximum absolute atomic E-state index is 12.3. The van der Waals surface area contributed by atoms with E-state index in [9.17, 15) is 9.59 Å². The third-order valence-electron chi connectivity index (χ3n) is 5.27. The van der Waals surface area contributed by atoms with Gasteiger partial charge in [-0.3, -0.25) is 9.59 Å². The second-order valence-corrected chi connectivity index (χ2v) is 6.96. The average molecular weight is 357 g/mol. The molecule has 26 heavy (non-hydrogen) atoms. The largest absolute Gasteiger partial charge is 0.369 e. The van der Waals surface area contributed by atoms with Gasteiger partial charge in [-0.25, -0.2) is 9.97 Å². The van der Waals surface area contributed by atoms with Crippen LogP contribution in [0.5, 0.6) is 0 Å². The molecule has 2 amide bonds. The number of aromatic nitrogens is 2. The van der Waals surface area contributed by atoms with Gasteiger partial charge in [-0.15, -0.1) is 0 Å². The van der Waals surface area contributed by atoms with Crippen LogP contribution in [0.25, 0.3) is 0 Å². The second-order valence-electron chi connectivity index (χ2n) is 6.96. The number of allylic oxidation sites excluding steroid dienone is 1. The van der Waals surface area contributed by atoms with Gasteiger partial charge in [0.2, 0.25) is 11.8 Å². The van der Waals surface area contributed by atoms with E-state index in [0.717, 1.165) is 49.3 Å². The molecule has 1 aromatic rings. The van der Waals surface area contributed by atoms with E-state index in [2.05, 4.69) is 14.9 Å². The number of primary amides is 1. The SMILES string of the molecule is C/C=C/CC(=O)N1CCc2ncnc(N3CCC[C@@H](C(N)=O)C3)c2CC1. The summed E-state index contributed by atoms with van der Waals surface area (Å²) >= 11 is 0. The smallest absolute Gasteiger partial charge is 0.226 e. The van der Waals surface area contributed by atoms with Crippen molar-refractivity contribution in [1.29, 1.82) is 0 Å². The summed E-state index contributed by atoms with van der Waals surface area (Å²) in [5, 5.41) is 0. The molecule has 0 aromatic carbocycles. The van der Waals surface area contributed by atoms with Gasteiger partial charge in [0.05, 0.1) is 11.6 Å². The molecule has 1 aromatic heterocycles. The number of carbonyl (C=O) groups excluding carboxylic acids is 2. The van der Waals surface area contributed by atoms with Crippen LogP contribution in [0.1, 0.15) is 37.4 Å². The van der Waals surface area contributed by atoms with E-state index in [-0.39, 0.29) is 17.7 Å². The highest BCUT2D eigenvalue weighted by molar-refractivity contribution is 5.78. The molecule has 0 bridgehead atoms. The lowest BCUT2D eigenvalue weighted by atomic mass is 9.96. The maximum Gasteiger partial charge on any atom is 0.226 e. The Labute approximate surface area is 154 Å². The van der Waals surface area contributed by atoms with E-state index in [0.29, 0.717) is 26.1 Å². The van der Waals surface area contributed by atoms with Crippen LogP contribution in [0.15, 0.2) is 18.5 Å². The van der Waals surface area contributed by atoms with Crippen molar-refractivity contribution >= 4 is 17.6 Å². The highest BCUT2D eigenvalue weighted by atomic mass is 16.2. The highest BCUT2D eigenvalue weighted by Gasteiger charge is 2.28. The van der Waals surface area contributed by atoms with Crippen molar-refractivity contribution in [2.24, 2.45) is 11.7 Å². The molecular formula is C19H27N5O2. The fourth-order valence-corrected chi connectivity index (χ4v) is 3.78. The number of hydrogen-bond donors (Lipinski definition) is 1. The van der Waals surface area contributed by atoms with Crippen molar-refractivity contribution in [1.82, 2.24) is 14.9 Å². The van der Waals surface area contributed by atoms with Crippen LogP contribution in [0, 0.1) is 5.92 Å².